The summed E-state index contributed by atoms with van der Waals surface area (Å²) in [6, 6.07) is 6.29. The van der Waals surface area contributed by atoms with Gasteiger partial charge in [0.05, 0.1) is 0 Å². The summed E-state index contributed by atoms with van der Waals surface area (Å²) in [6.07, 6.45) is 5.09. The molecular weight excluding hydrogens is 251 g/mol. The van der Waals surface area contributed by atoms with Gasteiger partial charge in [0, 0.05) is 31.2 Å². The fourth-order valence-electron chi connectivity index (χ4n) is 3.04. The summed E-state index contributed by atoms with van der Waals surface area (Å²) in [4.78, 5) is 2.39. The summed E-state index contributed by atoms with van der Waals surface area (Å²) in [5, 5.41) is 3.49. The molecule has 20 heavy (non-hydrogen) atoms. The molecule has 1 aliphatic heterocycles. The van der Waals surface area contributed by atoms with Crippen LogP contribution in [-0.2, 0) is 13.1 Å². The lowest BCUT2D eigenvalue weighted by atomic mass is 10.1. The first-order chi connectivity index (χ1) is 9.74. The van der Waals surface area contributed by atoms with Crippen LogP contribution in [0.2, 0.25) is 0 Å². The van der Waals surface area contributed by atoms with Crippen LogP contribution in [0, 0.1) is 11.7 Å². The first-order valence-corrected chi connectivity index (χ1v) is 7.97. The number of rotatable bonds is 6. The fourth-order valence-corrected chi connectivity index (χ4v) is 3.04. The van der Waals surface area contributed by atoms with Crippen LogP contribution in [0.4, 0.5) is 4.39 Å². The van der Waals surface area contributed by atoms with E-state index in [-0.39, 0.29) is 5.82 Å². The van der Waals surface area contributed by atoms with E-state index in [0.717, 1.165) is 37.7 Å². The normalized spacial score (nSPS) is 23.4. The Labute approximate surface area is 121 Å². The second kappa shape index (κ2) is 6.23. The standard InChI is InChI=1S/C17H25FN2/c1-2-13-7-8-20(11-13)12-15-9-14(3-6-17(15)18)10-19-16-4-5-16/h3,6,9,13,16,19H,2,4-5,7-8,10-12H2,1H3. The lowest BCUT2D eigenvalue weighted by Crippen LogP contribution is -2.21. The predicted molar refractivity (Wildman–Crippen MR) is 79.9 cm³/mol. The molecule has 0 spiro atoms. The van der Waals surface area contributed by atoms with Crippen LogP contribution in [-0.4, -0.2) is 24.0 Å². The molecule has 3 heteroatoms. The average Bonchev–Trinajstić information content (AvgIpc) is 3.18. The van der Waals surface area contributed by atoms with Crippen LogP contribution < -0.4 is 5.32 Å². The van der Waals surface area contributed by atoms with Crippen molar-refractivity contribution in [2.24, 2.45) is 5.92 Å². The summed E-state index contributed by atoms with van der Waals surface area (Å²) in [7, 11) is 0. The molecule has 1 aromatic carbocycles. The minimum absolute atomic E-state index is 0.0554. The van der Waals surface area contributed by atoms with Gasteiger partial charge in [0.25, 0.3) is 0 Å². The van der Waals surface area contributed by atoms with Gasteiger partial charge in [-0.25, -0.2) is 4.39 Å². The van der Waals surface area contributed by atoms with Gasteiger partial charge in [-0.2, -0.15) is 0 Å². The number of benzene rings is 1. The number of hydrogen-bond donors (Lipinski definition) is 1. The molecule has 0 amide bonds. The zero-order chi connectivity index (χ0) is 13.9. The molecule has 1 atom stereocenters. The van der Waals surface area contributed by atoms with Crippen LogP contribution >= 0.6 is 0 Å². The van der Waals surface area contributed by atoms with Crippen LogP contribution in [0.15, 0.2) is 18.2 Å². The van der Waals surface area contributed by atoms with Crippen molar-refractivity contribution in [1.82, 2.24) is 10.2 Å². The lowest BCUT2D eigenvalue weighted by molar-refractivity contribution is 0.310. The van der Waals surface area contributed by atoms with E-state index in [2.05, 4.69) is 17.1 Å². The number of nitrogens with one attached hydrogen (secondary N) is 1. The second-order valence-electron chi connectivity index (χ2n) is 6.38. The number of nitrogens with zero attached hydrogens (tertiary/aromatic N) is 1. The van der Waals surface area contributed by atoms with E-state index in [1.807, 2.05) is 12.1 Å². The zero-order valence-electron chi connectivity index (χ0n) is 12.4. The fraction of sp³-hybridized carbons (Fsp3) is 0.647. The Balaban J connectivity index is 1.60. The molecule has 1 saturated carbocycles. The highest BCUT2D eigenvalue weighted by Gasteiger charge is 2.22. The van der Waals surface area contributed by atoms with E-state index in [1.165, 1.54) is 31.2 Å². The Bertz CT molecular complexity index is 456. The van der Waals surface area contributed by atoms with E-state index in [4.69, 9.17) is 0 Å². The van der Waals surface area contributed by atoms with Crippen molar-refractivity contribution in [3.05, 3.63) is 35.1 Å². The molecule has 1 saturated heterocycles. The van der Waals surface area contributed by atoms with Gasteiger partial charge in [0.15, 0.2) is 0 Å². The second-order valence-corrected chi connectivity index (χ2v) is 6.38. The molecule has 3 rings (SSSR count). The molecule has 1 unspecified atom stereocenters. The first kappa shape index (κ1) is 14.0. The third-order valence-electron chi connectivity index (χ3n) is 4.62. The Morgan fingerprint density at radius 1 is 1.30 bits per heavy atom. The van der Waals surface area contributed by atoms with E-state index >= 15 is 0 Å². The highest BCUT2D eigenvalue weighted by molar-refractivity contribution is 5.25. The maximum atomic E-state index is 14.0. The Morgan fingerprint density at radius 2 is 2.15 bits per heavy atom. The number of hydrogen-bond acceptors (Lipinski definition) is 2. The quantitative estimate of drug-likeness (QED) is 0.857. The summed E-state index contributed by atoms with van der Waals surface area (Å²) in [5.74, 6) is 0.748. The number of likely N-dealkylation sites (tertiary alicyclic amines) is 1. The van der Waals surface area contributed by atoms with Gasteiger partial charge in [-0.3, -0.25) is 4.90 Å². The van der Waals surface area contributed by atoms with Gasteiger partial charge in [-0.05, 0) is 43.4 Å². The lowest BCUT2D eigenvalue weighted by Gasteiger charge is -2.17. The van der Waals surface area contributed by atoms with Gasteiger partial charge >= 0.3 is 0 Å². The topological polar surface area (TPSA) is 15.3 Å². The van der Waals surface area contributed by atoms with E-state index in [9.17, 15) is 4.39 Å². The number of halogens is 1. The van der Waals surface area contributed by atoms with Gasteiger partial charge < -0.3 is 5.32 Å². The Morgan fingerprint density at radius 3 is 2.85 bits per heavy atom. The molecular formula is C17H25FN2. The third kappa shape index (κ3) is 3.58. The van der Waals surface area contributed by atoms with Gasteiger partial charge in [-0.15, -0.1) is 0 Å². The molecule has 0 aromatic heterocycles. The highest BCUT2D eigenvalue weighted by atomic mass is 19.1. The predicted octanol–water partition coefficient (Wildman–Crippen LogP) is 3.31. The molecule has 2 nitrogen and oxygen atoms in total. The average molecular weight is 276 g/mol. The maximum absolute atomic E-state index is 14.0. The van der Waals surface area contributed by atoms with Gasteiger partial charge in [-0.1, -0.05) is 25.5 Å². The largest absolute Gasteiger partial charge is 0.310 e. The van der Waals surface area contributed by atoms with Crippen molar-refractivity contribution < 1.29 is 4.39 Å². The summed E-state index contributed by atoms with van der Waals surface area (Å²) >= 11 is 0. The summed E-state index contributed by atoms with van der Waals surface area (Å²) in [6.45, 7) is 6.12. The van der Waals surface area contributed by atoms with Crippen molar-refractivity contribution in [3.63, 3.8) is 0 Å². The van der Waals surface area contributed by atoms with E-state index in [1.54, 1.807) is 6.07 Å². The molecule has 1 N–H and O–H groups in total. The van der Waals surface area contributed by atoms with Crippen molar-refractivity contribution in [3.8, 4) is 0 Å². The van der Waals surface area contributed by atoms with E-state index in [0.29, 0.717) is 6.04 Å². The smallest absolute Gasteiger partial charge is 0.127 e. The van der Waals surface area contributed by atoms with E-state index < -0.39 is 0 Å². The monoisotopic (exact) mass is 276 g/mol. The summed E-state index contributed by atoms with van der Waals surface area (Å²) in [5.41, 5.74) is 2.07. The molecule has 2 fully saturated rings. The Kier molecular flexibility index (Phi) is 4.37. The highest BCUT2D eigenvalue weighted by Crippen LogP contribution is 2.23. The maximum Gasteiger partial charge on any atom is 0.127 e. The van der Waals surface area contributed by atoms with Crippen LogP contribution in [0.5, 0.6) is 0 Å². The molecule has 110 valence electrons. The molecule has 1 aromatic rings. The Hall–Kier alpha value is -0.930. The molecule has 1 aliphatic carbocycles. The van der Waals surface area contributed by atoms with Crippen molar-refractivity contribution >= 4 is 0 Å². The van der Waals surface area contributed by atoms with Crippen molar-refractivity contribution in [2.45, 2.75) is 51.7 Å². The molecule has 0 bridgehead atoms. The first-order valence-electron chi connectivity index (χ1n) is 7.97. The minimum Gasteiger partial charge on any atom is -0.310 e. The van der Waals surface area contributed by atoms with Crippen LogP contribution in [0.25, 0.3) is 0 Å². The minimum atomic E-state index is -0.0554. The molecule has 1 heterocycles. The van der Waals surface area contributed by atoms with Crippen molar-refractivity contribution in [2.75, 3.05) is 13.1 Å². The molecule has 2 aliphatic rings. The third-order valence-corrected chi connectivity index (χ3v) is 4.62. The molecule has 0 radical (unpaired) electrons. The van der Waals surface area contributed by atoms with Gasteiger partial charge in [0.1, 0.15) is 5.82 Å². The summed E-state index contributed by atoms with van der Waals surface area (Å²) < 4.78 is 14.0. The SMILES string of the molecule is CCC1CCN(Cc2cc(CNC3CC3)ccc2F)C1. The zero-order valence-corrected chi connectivity index (χ0v) is 12.4. The van der Waals surface area contributed by atoms with Crippen molar-refractivity contribution in [1.29, 1.82) is 0 Å². The van der Waals surface area contributed by atoms with Crippen LogP contribution in [0.3, 0.4) is 0 Å². The van der Waals surface area contributed by atoms with Gasteiger partial charge in [0.2, 0.25) is 0 Å². The van der Waals surface area contributed by atoms with Crippen LogP contribution in [0.1, 0.15) is 43.7 Å².